The number of imidazole rings is 1. The third-order valence-electron chi connectivity index (χ3n) is 3.32. The standard InChI is InChI=1S/C16H19ClIN3O/c1-21-11-14(12-4-6-13(18)7-5-12)20-15(21)8-10-19-16(22)3-2-9-17/h4-7,11H,2-3,8-10H2,1H3,(H,19,22). The first-order valence-corrected chi connectivity index (χ1v) is 8.82. The summed E-state index contributed by atoms with van der Waals surface area (Å²) in [6.45, 7) is 0.595. The lowest BCUT2D eigenvalue weighted by atomic mass is 10.2. The van der Waals surface area contributed by atoms with Crippen molar-refractivity contribution >= 4 is 40.1 Å². The number of rotatable bonds is 7. The van der Waals surface area contributed by atoms with Crippen LogP contribution in [-0.2, 0) is 18.3 Å². The summed E-state index contributed by atoms with van der Waals surface area (Å²) in [5.74, 6) is 1.53. The highest BCUT2D eigenvalue weighted by atomic mass is 127. The Balaban J connectivity index is 1.93. The van der Waals surface area contributed by atoms with Crippen LogP contribution in [0.4, 0.5) is 0 Å². The molecule has 0 radical (unpaired) electrons. The van der Waals surface area contributed by atoms with Crippen molar-refractivity contribution in [1.29, 1.82) is 0 Å². The molecule has 4 nitrogen and oxygen atoms in total. The van der Waals surface area contributed by atoms with Crippen molar-refractivity contribution < 1.29 is 4.79 Å². The second-order valence-electron chi connectivity index (χ2n) is 5.05. The van der Waals surface area contributed by atoms with Crippen LogP contribution in [0.1, 0.15) is 18.7 Å². The summed E-state index contributed by atoms with van der Waals surface area (Å²) in [6.07, 6.45) is 3.94. The van der Waals surface area contributed by atoms with Gasteiger partial charge in [-0.1, -0.05) is 12.1 Å². The van der Waals surface area contributed by atoms with Crippen molar-refractivity contribution in [1.82, 2.24) is 14.9 Å². The molecule has 0 aliphatic carbocycles. The molecule has 1 heterocycles. The molecule has 0 saturated heterocycles. The average Bonchev–Trinajstić information content (AvgIpc) is 2.87. The van der Waals surface area contributed by atoms with Crippen LogP contribution >= 0.6 is 34.2 Å². The van der Waals surface area contributed by atoms with Gasteiger partial charge in [0, 0.05) is 47.6 Å². The fraction of sp³-hybridized carbons (Fsp3) is 0.375. The lowest BCUT2D eigenvalue weighted by Crippen LogP contribution is -2.26. The summed E-state index contributed by atoms with van der Waals surface area (Å²) < 4.78 is 3.22. The summed E-state index contributed by atoms with van der Waals surface area (Å²) in [5, 5.41) is 2.90. The van der Waals surface area contributed by atoms with Gasteiger partial charge in [0.2, 0.25) is 5.91 Å². The topological polar surface area (TPSA) is 46.9 Å². The Bertz CT molecular complexity index is 625. The van der Waals surface area contributed by atoms with E-state index in [0.717, 1.165) is 17.1 Å². The van der Waals surface area contributed by atoms with Crippen LogP contribution in [0.25, 0.3) is 11.3 Å². The molecule has 0 spiro atoms. The predicted octanol–water partition coefficient (Wildman–Crippen LogP) is 3.37. The summed E-state index contributed by atoms with van der Waals surface area (Å²) in [7, 11) is 1.98. The third-order valence-corrected chi connectivity index (χ3v) is 4.31. The second-order valence-corrected chi connectivity index (χ2v) is 6.68. The van der Waals surface area contributed by atoms with Crippen molar-refractivity contribution in [3.05, 3.63) is 39.9 Å². The van der Waals surface area contributed by atoms with E-state index in [0.29, 0.717) is 31.7 Å². The van der Waals surface area contributed by atoms with Crippen molar-refractivity contribution in [2.24, 2.45) is 7.05 Å². The Morgan fingerprint density at radius 2 is 2.09 bits per heavy atom. The van der Waals surface area contributed by atoms with E-state index < -0.39 is 0 Å². The van der Waals surface area contributed by atoms with E-state index in [2.05, 4.69) is 57.2 Å². The predicted molar refractivity (Wildman–Crippen MR) is 98.0 cm³/mol. The lowest BCUT2D eigenvalue weighted by molar-refractivity contribution is -0.121. The van der Waals surface area contributed by atoms with Gasteiger partial charge >= 0.3 is 0 Å². The highest BCUT2D eigenvalue weighted by Crippen LogP contribution is 2.19. The normalized spacial score (nSPS) is 10.7. The fourth-order valence-corrected chi connectivity index (χ4v) is 2.62. The van der Waals surface area contributed by atoms with Gasteiger partial charge in [-0.2, -0.15) is 0 Å². The molecule has 0 aliphatic rings. The van der Waals surface area contributed by atoms with E-state index in [1.807, 2.05) is 17.8 Å². The number of nitrogens with zero attached hydrogens (tertiary/aromatic N) is 2. The first-order valence-electron chi connectivity index (χ1n) is 7.21. The lowest BCUT2D eigenvalue weighted by Gasteiger charge is -2.04. The van der Waals surface area contributed by atoms with Crippen LogP contribution in [0.5, 0.6) is 0 Å². The number of aryl methyl sites for hydroxylation is 1. The number of nitrogens with one attached hydrogen (secondary N) is 1. The Kier molecular flexibility index (Phi) is 6.70. The summed E-state index contributed by atoms with van der Waals surface area (Å²) >= 11 is 7.86. The Hall–Kier alpha value is -1.08. The van der Waals surface area contributed by atoms with E-state index in [1.54, 1.807) is 0 Å². The molecule has 0 atom stereocenters. The number of halogens is 2. The molecular formula is C16H19ClIN3O. The van der Waals surface area contributed by atoms with Crippen LogP contribution in [0.3, 0.4) is 0 Å². The van der Waals surface area contributed by atoms with Crippen LogP contribution in [0.15, 0.2) is 30.5 Å². The van der Waals surface area contributed by atoms with E-state index >= 15 is 0 Å². The number of aromatic nitrogens is 2. The monoisotopic (exact) mass is 431 g/mol. The molecule has 1 amide bonds. The van der Waals surface area contributed by atoms with Crippen molar-refractivity contribution in [2.45, 2.75) is 19.3 Å². The maximum atomic E-state index is 11.5. The summed E-state index contributed by atoms with van der Waals surface area (Å²) in [4.78, 5) is 16.2. The molecule has 1 aromatic carbocycles. The molecule has 6 heteroatoms. The SMILES string of the molecule is Cn1cc(-c2ccc(I)cc2)nc1CCNC(=O)CCCCl. The zero-order valence-corrected chi connectivity index (χ0v) is 15.4. The molecule has 2 aromatic rings. The Morgan fingerprint density at radius 1 is 1.36 bits per heavy atom. The van der Waals surface area contributed by atoms with Gasteiger partial charge in [0.15, 0.2) is 0 Å². The zero-order chi connectivity index (χ0) is 15.9. The molecule has 1 aromatic heterocycles. The number of alkyl halides is 1. The minimum absolute atomic E-state index is 0.0488. The molecule has 0 fully saturated rings. The molecule has 118 valence electrons. The first-order chi connectivity index (χ1) is 10.6. The van der Waals surface area contributed by atoms with Gasteiger partial charge in [-0.15, -0.1) is 11.6 Å². The van der Waals surface area contributed by atoms with Gasteiger partial charge in [-0.05, 0) is 41.1 Å². The number of amides is 1. The molecule has 2 rings (SSSR count). The minimum Gasteiger partial charge on any atom is -0.356 e. The fourth-order valence-electron chi connectivity index (χ4n) is 2.13. The molecule has 0 unspecified atom stereocenters. The average molecular weight is 432 g/mol. The van der Waals surface area contributed by atoms with Crippen molar-refractivity contribution in [3.8, 4) is 11.3 Å². The van der Waals surface area contributed by atoms with Gasteiger partial charge in [-0.25, -0.2) is 4.98 Å². The number of carbonyl (C=O) groups is 1. The number of hydrogen-bond acceptors (Lipinski definition) is 2. The first kappa shape index (κ1) is 17.3. The molecule has 0 aliphatic heterocycles. The third kappa shape index (κ3) is 4.98. The smallest absolute Gasteiger partial charge is 0.220 e. The van der Waals surface area contributed by atoms with Gasteiger partial charge in [0.25, 0.3) is 0 Å². The van der Waals surface area contributed by atoms with Crippen LogP contribution < -0.4 is 5.32 Å². The van der Waals surface area contributed by atoms with E-state index in [9.17, 15) is 4.79 Å². The van der Waals surface area contributed by atoms with Crippen LogP contribution in [-0.4, -0.2) is 27.9 Å². The summed E-state index contributed by atoms with van der Waals surface area (Å²) in [5.41, 5.74) is 2.07. The van der Waals surface area contributed by atoms with Crippen LogP contribution in [0, 0.1) is 3.57 Å². The molecular weight excluding hydrogens is 413 g/mol. The maximum absolute atomic E-state index is 11.5. The van der Waals surface area contributed by atoms with Crippen LogP contribution in [0.2, 0.25) is 0 Å². The highest BCUT2D eigenvalue weighted by molar-refractivity contribution is 14.1. The summed E-state index contributed by atoms with van der Waals surface area (Å²) in [6, 6.07) is 8.28. The Morgan fingerprint density at radius 3 is 2.77 bits per heavy atom. The maximum Gasteiger partial charge on any atom is 0.220 e. The van der Waals surface area contributed by atoms with Gasteiger partial charge < -0.3 is 9.88 Å². The largest absolute Gasteiger partial charge is 0.356 e. The van der Waals surface area contributed by atoms with Crippen molar-refractivity contribution in [3.63, 3.8) is 0 Å². The second kappa shape index (κ2) is 8.53. The van der Waals surface area contributed by atoms with Gasteiger partial charge in [0.05, 0.1) is 5.69 Å². The van der Waals surface area contributed by atoms with E-state index in [-0.39, 0.29) is 5.91 Å². The molecule has 1 N–H and O–H groups in total. The highest BCUT2D eigenvalue weighted by Gasteiger charge is 2.08. The van der Waals surface area contributed by atoms with Gasteiger partial charge in [0.1, 0.15) is 5.82 Å². The van der Waals surface area contributed by atoms with E-state index in [1.165, 1.54) is 3.57 Å². The minimum atomic E-state index is 0.0488. The number of benzene rings is 1. The van der Waals surface area contributed by atoms with Gasteiger partial charge in [-0.3, -0.25) is 4.79 Å². The quantitative estimate of drug-likeness (QED) is 0.540. The zero-order valence-electron chi connectivity index (χ0n) is 12.5. The molecule has 0 bridgehead atoms. The molecule has 0 saturated carbocycles. The number of carbonyl (C=O) groups excluding carboxylic acids is 1. The number of hydrogen-bond donors (Lipinski definition) is 1. The molecule has 22 heavy (non-hydrogen) atoms. The van der Waals surface area contributed by atoms with E-state index in [4.69, 9.17) is 11.6 Å². The Labute approximate surface area is 149 Å². The van der Waals surface area contributed by atoms with Crippen molar-refractivity contribution in [2.75, 3.05) is 12.4 Å².